The molecule has 0 unspecified atom stereocenters. The minimum absolute atomic E-state index is 0.176. The van der Waals surface area contributed by atoms with Gasteiger partial charge in [0.1, 0.15) is 11.9 Å². The summed E-state index contributed by atoms with van der Waals surface area (Å²) in [6, 6.07) is 0. The van der Waals surface area contributed by atoms with Crippen molar-refractivity contribution in [3.05, 3.63) is 11.6 Å². The minimum atomic E-state index is -0.225. The van der Waals surface area contributed by atoms with E-state index in [1.807, 2.05) is 11.8 Å². The summed E-state index contributed by atoms with van der Waals surface area (Å²) >= 11 is 0. The molecule has 0 bridgehead atoms. The molecule has 1 aromatic heterocycles. The highest BCUT2D eigenvalue weighted by Gasteiger charge is 2.28. The fourth-order valence-corrected chi connectivity index (χ4v) is 2.96. The van der Waals surface area contributed by atoms with Gasteiger partial charge in [-0.25, -0.2) is 4.98 Å². The van der Waals surface area contributed by atoms with Gasteiger partial charge in [0.25, 0.3) is 0 Å². The number of H-pyrrole nitrogens is 1. The Kier molecular flexibility index (Phi) is 5.04. The monoisotopic (exact) mass is 308 g/mol. The van der Waals surface area contributed by atoms with Crippen molar-refractivity contribution in [2.75, 3.05) is 26.3 Å². The lowest BCUT2D eigenvalue weighted by molar-refractivity contribution is -0.139. The van der Waals surface area contributed by atoms with Crippen LogP contribution in [0.1, 0.15) is 50.4 Å². The van der Waals surface area contributed by atoms with Crippen molar-refractivity contribution in [1.29, 1.82) is 0 Å². The SMILES string of the molecule is CCc1nc([C@@H]2CN(C(=O)CC[C@@H]3CCCO3)CCO2)n[nH]1. The first-order valence-corrected chi connectivity index (χ1v) is 8.18. The summed E-state index contributed by atoms with van der Waals surface area (Å²) in [5.74, 6) is 1.67. The molecule has 2 fully saturated rings. The molecule has 2 atom stereocenters. The van der Waals surface area contributed by atoms with Crippen LogP contribution in [-0.2, 0) is 20.7 Å². The molecule has 0 spiro atoms. The van der Waals surface area contributed by atoms with Crippen molar-refractivity contribution in [3.63, 3.8) is 0 Å². The Morgan fingerprint density at radius 1 is 1.41 bits per heavy atom. The molecule has 1 aromatic rings. The molecule has 0 saturated carbocycles. The van der Waals surface area contributed by atoms with Gasteiger partial charge in [-0.05, 0) is 19.3 Å². The number of aromatic amines is 1. The zero-order valence-corrected chi connectivity index (χ0v) is 13.1. The maximum atomic E-state index is 12.4. The summed E-state index contributed by atoms with van der Waals surface area (Å²) in [6.45, 7) is 4.57. The highest BCUT2D eigenvalue weighted by Crippen LogP contribution is 2.21. The molecule has 22 heavy (non-hydrogen) atoms. The van der Waals surface area contributed by atoms with E-state index in [1.165, 1.54) is 0 Å². The maximum Gasteiger partial charge on any atom is 0.222 e. The maximum absolute atomic E-state index is 12.4. The van der Waals surface area contributed by atoms with E-state index in [0.717, 1.165) is 38.1 Å². The zero-order valence-electron chi connectivity index (χ0n) is 13.1. The van der Waals surface area contributed by atoms with E-state index in [2.05, 4.69) is 15.2 Å². The first-order valence-electron chi connectivity index (χ1n) is 8.18. The van der Waals surface area contributed by atoms with Gasteiger partial charge in [0.15, 0.2) is 5.82 Å². The zero-order chi connectivity index (χ0) is 15.4. The highest BCUT2D eigenvalue weighted by atomic mass is 16.5. The van der Waals surface area contributed by atoms with Crippen LogP contribution < -0.4 is 0 Å². The number of aromatic nitrogens is 3. The lowest BCUT2D eigenvalue weighted by atomic mass is 10.1. The molecule has 0 aromatic carbocycles. The predicted octanol–water partition coefficient (Wildman–Crippen LogP) is 1.23. The quantitative estimate of drug-likeness (QED) is 0.885. The molecule has 2 aliphatic rings. The van der Waals surface area contributed by atoms with Crippen molar-refractivity contribution >= 4 is 5.91 Å². The van der Waals surface area contributed by atoms with E-state index in [-0.39, 0.29) is 18.1 Å². The molecule has 1 amide bonds. The van der Waals surface area contributed by atoms with Gasteiger partial charge in [-0.2, -0.15) is 5.10 Å². The molecule has 7 nitrogen and oxygen atoms in total. The third kappa shape index (κ3) is 3.64. The van der Waals surface area contributed by atoms with E-state index in [4.69, 9.17) is 9.47 Å². The van der Waals surface area contributed by atoms with Crippen molar-refractivity contribution in [2.24, 2.45) is 0 Å². The normalized spacial score (nSPS) is 25.6. The average molecular weight is 308 g/mol. The predicted molar refractivity (Wildman–Crippen MR) is 79.2 cm³/mol. The van der Waals surface area contributed by atoms with Crippen molar-refractivity contribution in [2.45, 2.75) is 51.2 Å². The molecule has 122 valence electrons. The Balaban J connectivity index is 1.51. The van der Waals surface area contributed by atoms with Crippen LogP contribution >= 0.6 is 0 Å². The van der Waals surface area contributed by atoms with Gasteiger partial charge in [-0.15, -0.1) is 0 Å². The smallest absolute Gasteiger partial charge is 0.222 e. The van der Waals surface area contributed by atoms with Gasteiger partial charge in [0, 0.05) is 26.0 Å². The van der Waals surface area contributed by atoms with Gasteiger partial charge >= 0.3 is 0 Å². The van der Waals surface area contributed by atoms with E-state index >= 15 is 0 Å². The number of hydrogen-bond acceptors (Lipinski definition) is 5. The van der Waals surface area contributed by atoms with Gasteiger partial charge in [-0.3, -0.25) is 9.89 Å². The lowest BCUT2D eigenvalue weighted by Gasteiger charge is -2.32. The molecule has 2 aliphatic heterocycles. The molecule has 3 heterocycles. The van der Waals surface area contributed by atoms with Crippen molar-refractivity contribution in [1.82, 2.24) is 20.1 Å². The van der Waals surface area contributed by atoms with Gasteiger partial charge < -0.3 is 14.4 Å². The van der Waals surface area contributed by atoms with Gasteiger partial charge in [0.05, 0.1) is 19.3 Å². The average Bonchev–Trinajstić information content (AvgIpc) is 3.24. The van der Waals surface area contributed by atoms with Crippen LogP contribution in [-0.4, -0.2) is 58.4 Å². The number of morpholine rings is 1. The fourth-order valence-electron chi connectivity index (χ4n) is 2.96. The Bertz CT molecular complexity index is 499. The van der Waals surface area contributed by atoms with E-state index in [0.29, 0.717) is 31.9 Å². The molecule has 0 aliphatic carbocycles. The summed E-state index contributed by atoms with van der Waals surface area (Å²) in [4.78, 5) is 18.6. The Morgan fingerprint density at radius 2 is 2.32 bits per heavy atom. The third-order valence-corrected chi connectivity index (χ3v) is 4.30. The third-order valence-electron chi connectivity index (χ3n) is 4.30. The molecule has 7 heteroatoms. The van der Waals surface area contributed by atoms with E-state index in [1.54, 1.807) is 0 Å². The summed E-state index contributed by atoms with van der Waals surface area (Å²) in [7, 11) is 0. The fraction of sp³-hybridized carbons (Fsp3) is 0.800. The Hall–Kier alpha value is -1.47. The molecule has 2 saturated heterocycles. The number of nitrogens with zero attached hydrogens (tertiary/aromatic N) is 3. The van der Waals surface area contributed by atoms with Crippen LogP contribution in [0.5, 0.6) is 0 Å². The summed E-state index contributed by atoms with van der Waals surface area (Å²) < 4.78 is 11.3. The van der Waals surface area contributed by atoms with Crippen LogP contribution in [0.15, 0.2) is 0 Å². The molecular weight excluding hydrogens is 284 g/mol. The standard InChI is InChI=1S/C15H24N4O3/c1-2-13-16-15(18-17-13)12-10-19(7-9-22-12)14(20)6-5-11-4-3-8-21-11/h11-12H,2-10H2,1H3,(H,16,17,18)/t11-,12-/m0/s1. The molecule has 3 rings (SSSR count). The lowest BCUT2D eigenvalue weighted by Crippen LogP contribution is -2.42. The number of ether oxygens (including phenoxy) is 2. The van der Waals surface area contributed by atoms with Crippen LogP contribution in [0.25, 0.3) is 0 Å². The second kappa shape index (κ2) is 7.19. The first-order chi connectivity index (χ1) is 10.8. The Morgan fingerprint density at radius 3 is 3.05 bits per heavy atom. The van der Waals surface area contributed by atoms with E-state index < -0.39 is 0 Å². The summed E-state index contributed by atoms with van der Waals surface area (Å²) in [6.07, 6.45) is 4.41. The number of carbonyl (C=O) groups excluding carboxylic acids is 1. The van der Waals surface area contributed by atoms with Crippen LogP contribution in [0.2, 0.25) is 0 Å². The summed E-state index contributed by atoms with van der Waals surface area (Å²) in [5.41, 5.74) is 0. The number of hydrogen-bond donors (Lipinski definition) is 1. The topological polar surface area (TPSA) is 80.3 Å². The largest absolute Gasteiger partial charge is 0.378 e. The first kappa shape index (κ1) is 15.4. The number of aryl methyl sites for hydroxylation is 1. The molecular formula is C15H24N4O3. The van der Waals surface area contributed by atoms with Crippen molar-refractivity contribution < 1.29 is 14.3 Å². The number of rotatable bonds is 5. The second-order valence-electron chi connectivity index (χ2n) is 5.87. The number of nitrogens with one attached hydrogen (secondary N) is 1. The van der Waals surface area contributed by atoms with Crippen LogP contribution in [0.4, 0.5) is 0 Å². The highest BCUT2D eigenvalue weighted by molar-refractivity contribution is 5.76. The summed E-state index contributed by atoms with van der Waals surface area (Å²) in [5, 5.41) is 7.09. The van der Waals surface area contributed by atoms with Gasteiger partial charge in [0.2, 0.25) is 5.91 Å². The molecule has 1 N–H and O–H groups in total. The Labute approximate surface area is 130 Å². The van der Waals surface area contributed by atoms with Crippen molar-refractivity contribution in [3.8, 4) is 0 Å². The number of amides is 1. The van der Waals surface area contributed by atoms with E-state index in [9.17, 15) is 4.79 Å². The second-order valence-corrected chi connectivity index (χ2v) is 5.87. The molecule has 0 radical (unpaired) electrons. The number of carbonyl (C=O) groups is 1. The minimum Gasteiger partial charge on any atom is -0.378 e. The van der Waals surface area contributed by atoms with Crippen LogP contribution in [0.3, 0.4) is 0 Å². The van der Waals surface area contributed by atoms with Gasteiger partial charge in [-0.1, -0.05) is 6.92 Å². The van der Waals surface area contributed by atoms with Crippen LogP contribution in [0, 0.1) is 0 Å².